The Morgan fingerprint density at radius 1 is 0.952 bits per heavy atom. The molecule has 0 unspecified atom stereocenters. The zero-order valence-corrected chi connectivity index (χ0v) is 11.6. The topological polar surface area (TPSA) is 65.0 Å². The van der Waals surface area contributed by atoms with E-state index in [0.717, 1.165) is 5.75 Å². The Morgan fingerprint density at radius 3 is 2.24 bits per heavy atom. The summed E-state index contributed by atoms with van der Waals surface area (Å²) in [6.45, 7) is 0.580. The van der Waals surface area contributed by atoms with Crippen molar-refractivity contribution in [2.24, 2.45) is 0 Å². The first-order valence-corrected chi connectivity index (χ1v) is 6.42. The van der Waals surface area contributed by atoms with Crippen molar-refractivity contribution in [2.45, 2.75) is 0 Å². The molecule has 2 rings (SSSR count). The molecule has 0 aromatic heterocycles. The number of rotatable bonds is 7. The molecule has 0 aliphatic rings. The lowest BCUT2D eigenvalue weighted by molar-refractivity contribution is 0.0691. The molecule has 2 aromatic rings. The SMILES string of the molecule is COc1ccc(OCCOc2ccccc2C(=O)O)cc1. The number of para-hydroxylation sites is 1. The molecule has 0 saturated heterocycles. The van der Waals surface area contributed by atoms with Gasteiger partial charge in [-0.1, -0.05) is 12.1 Å². The van der Waals surface area contributed by atoms with Crippen LogP contribution in [0.2, 0.25) is 0 Å². The second-order valence-corrected chi connectivity index (χ2v) is 4.17. The fourth-order valence-electron chi connectivity index (χ4n) is 1.75. The number of ether oxygens (including phenoxy) is 3. The second kappa shape index (κ2) is 7.19. The Bertz CT molecular complexity index is 592. The van der Waals surface area contributed by atoms with Gasteiger partial charge in [0.15, 0.2) is 0 Å². The maximum atomic E-state index is 11.0. The van der Waals surface area contributed by atoms with Gasteiger partial charge in [-0.05, 0) is 36.4 Å². The van der Waals surface area contributed by atoms with Crippen LogP contribution in [0.5, 0.6) is 17.2 Å². The second-order valence-electron chi connectivity index (χ2n) is 4.17. The molecule has 0 atom stereocenters. The van der Waals surface area contributed by atoms with Gasteiger partial charge < -0.3 is 19.3 Å². The van der Waals surface area contributed by atoms with Crippen LogP contribution in [0.4, 0.5) is 0 Å². The van der Waals surface area contributed by atoms with E-state index in [1.165, 1.54) is 6.07 Å². The largest absolute Gasteiger partial charge is 0.497 e. The maximum absolute atomic E-state index is 11.0. The van der Waals surface area contributed by atoms with Gasteiger partial charge in [-0.3, -0.25) is 0 Å². The molecule has 0 saturated carbocycles. The van der Waals surface area contributed by atoms with E-state index < -0.39 is 5.97 Å². The summed E-state index contributed by atoms with van der Waals surface area (Å²) in [7, 11) is 1.60. The summed E-state index contributed by atoms with van der Waals surface area (Å²) in [5.74, 6) is 0.782. The standard InChI is InChI=1S/C16H16O5/c1-19-12-6-8-13(9-7-12)20-10-11-21-15-5-3-2-4-14(15)16(17)18/h2-9H,10-11H2,1H3,(H,17,18). The summed E-state index contributed by atoms with van der Waals surface area (Å²) in [6.07, 6.45) is 0. The van der Waals surface area contributed by atoms with Crippen molar-refractivity contribution in [1.29, 1.82) is 0 Å². The van der Waals surface area contributed by atoms with Gasteiger partial charge in [-0.2, -0.15) is 0 Å². The van der Waals surface area contributed by atoms with E-state index >= 15 is 0 Å². The van der Waals surface area contributed by atoms with Crippen LogP contribution >= 0.6 is 0 Å². The van der Waals surface area contributed by atoms with E-state index in [1.807, 2.05) is 0 Å². The molecule has 1 N–H and O–H groups in total. The van der Waals surface area contributed by atoms with E-state index in [0.29, 0.717) is 18.1 Å². The number of aromatic carboxylic acids is 1. The first-order valence-electron chi connectivity index (χ1n) is 6.42. The highest BCUT2D eigenvalue weighted by Crippen LogP contribution is 2.19. The number of methoxy groups -OCH3 is 1. The van der Waals surface area contributed by atoms with E-state index in [2.05, 4.69) is 0 Å². The van der Waals surface area contributed by atoms with Crippen molar-refractivity contribution in [1.82, 2.24) is 0 Å². The van der Waals surface area contributed by atoms with Gasteiger partial charge in [0.05, 0.1) is 7.11 Å². The molecule has 0 aliphatic carbocycles. The minimum atomic E-state index is -1.01. The summed E-state index contributed by atoms with van der Waals surface area (Å²) < 4.78 is 16.0. The number of carbonyl (C=O) groups is 1. The van der Waals surface area contributed by atoms with Crippen molar-refractivity contribution in [3.05, 3.63) is 54.1 Å². The zero-order valence-electron chi connectivity index (χ0n) is 11.6. The van der Waals surface area contributed by atoms with Crippen molar-refractivity contribution >= 4 is 5.97 Å². The van der Waals surface area contributed by atoms with Crippen LogP contribution in [-0.4, -0.2) is 31.4 Å². The van der Waals surface area contributed by atoms with E-state index in [9.17, 15) is 4.79 Å². The van der Waals surface area contributed by atoms with Crippen molar-refractivity contribution < 1.29 is 24.1 Å². The van der Waals surface area contributed by atoms with Crippen LogP contribution in [0.15, 0.2) is 48.5 Å². The predicted molar refractivity (Wildman–Crippen MR) is 77.4 cm³/mol. The molecule has 2 aromatic carbocycles. The summed E-state index contributed by atoms with van der Waals surface area (Å²) >= 11 is 0. The van der Waals surface area contributed by atoms with Crippen molar-refractivity contribution in [3.8, 4) is 17.2 Å². The molecule has 0 aliphatic heterocycles. The smallest absolute Gasteiger partial charge is 0.339 e. The molecule has 5 nitrogen and oxygen atoms in total. The van der Waals surface area contributed by atoms with Gasteiger partial charge in [0.2, 0.25) is 0 Å². The molecule has 0 amide bonds. The third-order valence-corrected chi connectivity index (χ3v) is 2.79. The monoisotopic (exact) mass is 288 g/mol. The molecule has 0 bridgehead atoms. The molecule has 5 heteroatoms. The first kappa shape index (κ1) is 14.7. The normalized spacial score (nSPS) is 9.95. The van der Waals surface area contributed by atoms with Crippen LogP contribution in [0, 0.1) is 0 Å². The Balaban J connectivity index is 1.83. The lowest BCUT2D eigenvalue weighted by Crippen LogP contribution is -2.11. The molecular weight excluding hydrogens is 272 g/mol. The van der Waals surface area contributed by atoms with Gasteiger partial charge in [0.1, 0.15) is 36.0 Å². The number of benzene rings is 2. The highest BCUT2D eigenvalue weighted by atomic mass is 16.5. The molecule has 0 radical (unpaired) electrons. The highest BCUT2D eigenvalue weighted by Gasteiger charge is 2.09. The lowest BCUT2D eigenvalue weighted by Gasteiger charge is -2.10. The van der Waals surface area contributed by atoms with Gasteiger partial charge in [-0.15, -0.1) is 0 Å². The van der Waals surface area contributed by atoms with Crippen molar-refractivity contribution in [3.63, 3.8) is 0 Å². The summed E-state index contributed by atoms with van der Waals surface area (Å²) in [5, 5.41) is 9.03. The minimum Gasteiger partial charge on any atom is -0.497 e. The number of carboxylic acid groups (broad SMARTS) is 1. The number of carboxylic acids is 1. The molecule has 0 fully saturated rings. The predicted octanol–water partition coefficient (Wildman–Crippen LogP) is 2.85. The van der Waals surface area contributed by atoms with Gasteiger partial charge in [0.25, 0.3) is 0 Å². The molecule has 21 heavy (non-hydrogen) atoms. The number of hydrogen-bond acceptors (Lipinski definition) is 4. The third kappa shape index (κ3) is 4.14. The highest BCUT2D eigenvalue weighted by molar-refractivity contribution is 5.90. The summed E-state index contributed by atoms with van der Waals surface area (Å²) in [5.41, 5.74) is 0.141. The van der Waals surface area contributed by atoms with Gasteiger partial charge in [0, 0.05) is 0 Å². The van der Waals surface area contributed by atoms with E-state index in [4.69, 9.17) is 19.3 Å². The maximum Gasteiger partial charge on any atom is 0.339 e. The van der Waals surface area contributed by atoms with Crippen LogP contribution in [0.1, 0.15) is 10.4 Å². The van der Waals surface area contributed by atoms with Crippen LogP contribution in [-0.2, 0) is 0 Å². The fourth-order valence-corrected chi connectivity index (χ4v) is 1.75. The van der Waals surface area contributed by atoms with Gasteiger partial charge in [-0.25, -0.2) is 4.79 Å². The molecular formula is C16H16O5. The Hall–Kier alpha value is -2.69. The van der Waals surface area contributed by atoms with Crippen LogP contribution in [0.25, 0.3) is 0 Å². The quantitative estimate of drug-likeness (QED) is 0.794. The Morgan fingerprint density at radius 2 is 1.57 bits per heavy atom. The van der Waals surface area contributed by atoms with E-state index in [1.54, 1.807) is 49.6 Å². The molecule has 110 valence electrons. The van der Waals surface area contributed by atoms with Crippen LogP contribution in [0.3, 0.4) is 0 Å². The average molecular weight is 288 g/mol. The minimum absolute atomic E-state index is 0.141. The average Bonchev–Trinajstić information content (AvgIpc) is 2.52. The lowest BCUT2D eigenvalue weighted by atomic mass is 10.2. The van der Waals surface area contributed by atoms with Crippen molar-refractivity contribution in [2.75, 3.05) is 20.3 Å². The van der Waals surface area contributed by atoms with Crippen LogP contribution < -0.4 is 14.2 Å². The van der Waals surface area contributed by atoms with Gasteiger partial charge >= 0.3 is 5.97 Å². The molecule has 0 spiro atoms. The zero-order chi connectivity index (χ0) is 15.1. The summed E-state index contributed by atoms with van der Waals surface area (Å²) in [6, 6.07) is 13.7. The molecule has 0 heterocycles. The fraction of sp³-hybridized carbons (Fsp3) is 0.188. The van der Waals surface area contributed by atoms with E-state index in [-0.39, 0.29) is 12.2 Å². The Kier molecular flexibility index (Phi) is 5.04. The number of hydrogen-bond donors (Lipinski definition) is 1. The summed E-state index contributed by atoms with van der Waals surface area (Å²) in [4.78, 5) is 11.0. The first-order chi connectivity index (χ1) is 10.2. The Labute approximate surface area is 122 Å². The third-order valence-electron chi connectivity index (χ3n) is 2.79.